The van der Waals surface area contributed by atoms with Gasteiger partial charge < -0.3 is 10.5 Å². The lowest BCUT2D eigenvalue weighted by atomic mass is 10.1. The second-order valence-electron chi connectivity index (χ2n) is 4.41. The molecule has 1 aromatic carbocycles. The van der Waals surface area contributed by atoms with Crippen molar-refractivity contribution in [2.45, 2.75) is 19.4 Å². The fourth-order valence-corrected chi connectivity index (χ4v) is 1.69. The van der Waals surface area contributed by atoms with Gasteiger partial charge in [-0.05, 0) is 24.6 Å². The van der Waals surface area contributed by atoms with Crippen molar-refractivity contribution >= 4 is 5.69 Å². The molecule has 0 spiro atoms. The van der Waals surface area contributed by atoms with Crippen LogP contribution in [0.4, 0.5) is 10.1 Å². The van der Waals surface area contributed by atoms with Crippen molar-refractivity contribution in [3.05, 3.63) is 58.2 Å². The number of rotatable bonds is 5. The Morgan fingerprint density at radius 1 is 1.43 bits per heavy atom. The van der Waals surface area contributed by atoms with Crippen LogP contribution in [0.2, 0.25) is 0 Å². The number of benzene rings is 1. The summed E-state index contributed by atoms with van der Waals surface area (Å²) < 4.78 is 19.0. The highest BCUT2D eigenvalue weighted by atomic mass is 19.1. The molecule has 0 aliphatic rings. The molecule has 2 N–H and O–H groups in total. The fraction of sp³-hybridized carbons (Fsp3) is 0.214. The maximum Gasteiger partial charge on any atom is 0.272 e. The zero-order valence-corrected chi connectivity index (χ0v) is 11.3. The Morgan fingerprint density at radius 2 is 2.19 bits per heavy atom. The Kier molecular flexibility index (Phi) is 4.44. The monoisotopic (exact) mass is 291 g/mol. The lowest BCUT2D eigenvalue weighted by Crippen LogP contribution is -2.10. The Labute approximate surface area is 120 Å². The third-order valence-corrected chi connectivity index (χ3v) is 2.93. The molecule has 110 valence electrons. The molecule has 0 fully saturated rings. The number of pyridine rings is 1. The summed E-state index contributed by atoms with van der Waals surface area (Å²) in [4.78, 5) is 14.0. The first-order valence-electron chi connectivity index (χ1n) is 6.34. The van der Waals surface area contributed by atoms with Crippen molar-refractivity contribution in [3.63, 3.8) is 0 Å². The van der Waals surface area contributed by atoms with Gasteiger partial charge in [-0.15, -0.1) is 0 Å². The second kappa shape index (κ2) is 6.27. The zero-order valence-electron chi connectivity index (χ0n) is 11.3. The predicted octanol–water partition coefficient (Wildman–Crippen LogP) is 3.33. The highest BCUT2D eigenvalue weighted by Crippen LogP contribution is 2.27. The highest BCUT2D eigenvalue weighted by molar-refractivity contribution is 5.39. The van der Waals surface area contributed by atoms with Gasteiger partial charge in [-0.3, -0.25) is 15.1 Å². The van der Waals surface area contributed by atoms with Crippen molar-refractivity contribution in [3.8, 4) is 11.5 Å². The van der Waals surface area contributed by atoms with Gasteiger partial charge in [-0.2, -0.15) is 0 Å². The van der Waals surface area contributed by atoms with Gasteiger partial charge in [0.15, 0.2) is 11.6 Å². The Balaban J connectivity index is 2.16. The molecule has 0 aliphatic carbocycles. The largest absolute Gasteiger partial charge is 0.453 e. The summed E-state index contributed by atoms with van der Waals surface area (Å²) in [6, 6.07) is 6.36. The molecule has 7 heteroatoms. The van der Waals surface area contributed by atoms with E-state index in [0.717, 1.165) is 12.5 Å². The number of nitro groups is 1. The van der Waals surface area contributed by atoms with E-state index in [0.29, 0.717) is 11.4 Å². The average Bonchev–Trinajstić information content (AvgIpc) is 2.49. The van der Waals surface area contributed by atoms with Gasteiger partial charge in [0.05, 0.1) is 22.9 Å². The normalized spacial score (nSPS) is 12.0. The summed E-state index contributed by atoms with van der Waals surface area (Å²) >= 11 is 0. The lowest BCUT2D eigenvalue weighted by molar-refractivity contribution is -0.385. The summed E-state index contributed by atoms with van der Waals surface area (Å²) in [6.07, 6.45) is 2.19. The van der Waals surface area contributed by atoms with E-state index >= 15 is 0 Å². The first kappa shape index (κ1) is 14.9. The standard InChI is InChI=1S/C14H14FN3O3/c1-2-12(16)13-5-4-10(8-17-13)21-14-6-3-9(18(19)20)7-11(14)15/h3-8,12H,2,16H2,1H3/t12-/m0/s1. The van der Waals surface area contributed by atoms with E-state index in [-0.39, 0.29) is 17.5 Å². The molecule has 2 rings (SSSR count). The molecular weight excluding hydrogens is 277 g/mol. The van der Waals surface area contributed by atoms with Crippen LogP contribution in [0.1, 0.15) is 25.1 Å². The number of nitrogens with two attached hydrogens (primary N) is 1. The number of hydrogen-bond acceptors (Lipinski definition) is 5. The SMILES string of the molecule is CC[C@H](N)c1ccc(Oc2ccc([N+](=O)[O-])cc2F)cn1. The first-order chi connectivity index (χ1) is 10.0. The zero-order chi connectivity index (χ0) is 15.4. The van der Waals surface area contributed by atoms with Crippen molar-refractivity contribution in [1.29, 1.82) is 0 Å². The van der Waals surface area contributed by atoms with Crippen LogP contribution < -0.4 is 10.5 Å². The number of halogens is 1. The molecule has 1 heterocycles. The van der Waals surface area contributed by atoms with Gasteiger partial charge in [0.2, 0.25) is 0 Å². The molecule has 0 amide bonds. The van der Waals surface area contributed by atoms with Crippen LogP contribution in [0.5, 0.6) is 11.5 Å². The van der Waals surface area contributed by atoms with E-state index in [1.54, 1.807) is 12.1 Å². The second-order valence-corrected chi connectivity index (χ2v) is 4.41. The van der Waals surface area contributed by atoms with E-state index in [9.17, 15) is 14.5 Å². The van der Waals surface area contributed by atoms with Gasteiger partial charge in [0.1, 0.15) is 5.75 Å². The van der Waals surface area contributed by atoms with Crippen LogP contribution in [0.25, 0.3) is 0 Å². The summed E-state index contributed by atoms with van der Waals surface area (Å²) in [6.45, 7) is 1.95. The van der Waals surface area contributed by atoms with Crippen LogP contribution in [-0.2, 0) is 0 Å². The average molecular weight is 291 g/mol. The molecule has 0 radical (unpaired) electrons. The van der Waals surface area contributed by atoms with E-state index in [1.807, 2.05) is 6.92 Å². The molecule has 0 unspecified atom stereocenters. The first-order valence-corrected chi connectivity index (χ1v) is 6.34. The maximum atomic E-state index is 13.7. The molecule has 0 saturated carbocycles. The van der Waals surface area contributed by atoms with E-state index < -0.39 is 10.7 Å². The Morgan fingerprint density at radius 3 is 2.71 bits per heavy atom. The van der Waals surface area contributed by atoms with Gasteiger partial charge in [-0.1, -0.05) is 6.92 Å². The Bertz CT molecular complexity index is 646. The maximum absolute atomic E-state index is 13.7. The van der Waals surface area contributed by atoms with Crippen molar-refractivity contribution in [1.82, 2.24) is 4.98 Å². The van der Waals surface area contributed by atoms with Crippen molar-refractivity contribution in [2.24, 2.45) is 5.73 Å². The smallest absolute Gasteiger partial charge is 0.272 e. The third kappa shape index (κ3) is 3.51. The third-order valence-electron chi connectivity index (χ3n) is 2.93. The van der Waals surface area contributed by atoms with Crippen LogP contribution in [0.3, 0.4) is 0 Å². The van der Waals surface area contributed by atoms with Crippen LogP contribution >= 0.6 is 0 Å². The molecule has 2 aromatic rings. The molecule has 1 atom stereocenters. The molecule has 6 nitrogen and oxygen atoms in total. The molecular formula is C14H14FN3O3. The molecule has 0 aliphatic heterocycles. The molecule has 0 bridgehead atoms. The van der Waals surface area contributed by atoms with E-state index in [4.69, 9.17) is 10.5 Å². The summed E-state index contributed by atoms with van der Waals surface area (Å²) in [7, 11) is 0. The predicted molar refractivity (Wildman–Crippen MR) is 74.6 cm³/mol. The lowest BCUT2D eigenvalue weighted by Gasteiger charge is -2.10. The molecule has 0 saturated heterocycles. The van der Waals surface area contributed by atoms with Crippen LogP contribution in [-0.4, -0.2) is 9.91 Å². The van der Waals surface area contributed by atoms with Gasteiger partial charge in [-0.25, -0.2) is 4.39 Å². The van der Waals surface area contributed by atoms with E-state index in [1.165, 1.54) is 18.3 Å². The van der Waals surface area contributed by atoms with Gasteiger partial charge in [0, 0.05) is 12.1 Å². The van der Waals surface area contributed by atoms with Gasteiger partial charge >= 0.3 is 0 Å². The number of ether oxygens (including phenoxy) is 1. The van der Waals surface area contributed by atoms with Crippen molar-refractivity contribution < 1.29 is 14.1 Å². The quantitative estimate of drug-likeness (QED) is 0.674. The summed E-state index contributed by atoms with van der Waals surface area (Å²) in [5, 5.41) is 10.5. The van der Waals surface area contributed by atoms with Crippen LogP contribution in [0.15, 0.2) is 36.5 Å². The topological polar surface area (TPSA) is 91.3 Å². The minimum absolute atomic E-state index is 0.102. The Hall–Kier alpha value is -2.54. The number of non-ortho nitro benzene ring substituents is 1. The molecule has 21 heavy (non-hydrogen) atoms. The van der Waals surface area contributed by atoms with E-state index in [2.05, 4.69) is 4.98 Å². The minimum atomic E-state index is -0.807. The molecule has 1 aromatic heterocycles. The highest BCUT2D eigenvalue weighted by Gasteiger charge is 2.12. The number of nitrogens with zero attached hydrogens (tertiary/aromatic N) is 2. The summed E-state index contributed by atoms with van der Waals surface area (Å²) in [5.74, 6) is -0.580. The number of aromatic nitrogens is 1. The minimum Gasteiger partial charge on any atom is -0.453 e. The summed E-state index contributed by atoms with van der Waals surface area (Å²) in [5.41, 5.74) is 6.22. The number of hydrogen-bond donors (Lipinski definition) is 1. The fourth-order valence-electron chi connectivity index (χ4n) is 1.69. The van der Waals surface area contributed by atoms with Gasteiger partial charge in [0.25, 0.3) is 5.69 Å². The van der Waals surface area contributed by atoms with Crippen LogP contribution in [0, 0.1) is 15.9 Å². The van der Waals surface area contributed by atoms with Crippen molar-refractivity contribution in [2.75, 3.05) is 0 Å². The number of nitro benzene ring substituents is 1.